The largest absolute Gasteiger partial charge is 0.445 e. The molecule has 0 atom stereocenters. The summed E-state index contributed by atoms with van der Waals surface area (Å²) in [4.78, 5) is 25.8. The van der Waals surface area contributed by atoms with Crippen molar-refractivity contribution in [2.24, 2.45) is 11.8 Å². The number of ether oxygens (including phenoxy) is 2. The Morgan fingerprint density at radius 3 is 2.38 bits per heavy atom. The number of benzene rings is 1. The van der Waals surface area contributed by atoms with E-state index in [0.717, 1.165) is 23.4 Å². The summed E-state index contributed by atoms with van der Waals surface area (Å²) in [6.07, 6.45) is 0.722. The Hall–Kier alpha value is -2.28. The minimum atomic E-state index is -0.569. The summed E-state index contributed by atoms with van der Waals surface area (Å²) in [6.45, 7) is 7.30. The molecule has 0 saturated carbocycles. The minimum absolute atomic E-state index is 0.241. The molecule has 7 heteroatoms. The molecule has 1 aliphatic heterocycles. The van der Waals surface area contributed by atoms with Crippen molar-refractivity contribution in [2.45, 2.75) is 45.8 Å². The van der Waals surface area contributed by atoms with Crippen molar-refractivity contribution >= 4 is 12.2 Å². The van der Waals surface area contributed by atoms with Crippen LogP contribution < -0.4 is 5.84 Å². The highest BCUT2D eigenvalue weighted by Gasteiger charge is 2.27. The van der Waals surface area contributed by atoms with Crippen molar-refractivity contribution in [3.05, 3.63) is 35.9 Å². The second-order valence-corrected chi connectivity index (χ2v) is 7.60. The normalized spacial score (nSPS) is 15.5. The van der Waals surface area contributed by atoms with Gasteiger partial charge in [-0.05, 0) is 45.1 Å². The smallest absolute Gasteiger partial charge is 0.424 e. The first-order chi connectivity index (χ1) is 12.2. The maximum Gasteiger partial charge on any atom is 0.424 e. The van der Waals surface area contributed by atoms with Crippen LogP contribution in [0.4, 0.5) is 9.59 Å². The molecule has 0 aliphatic carbocycles. The Morgan fingerprint density at radius 1 is 1.19 bits per heavy atom. The molecule has 0 unspecified atom stereocenters. The van der Waals surface area contributed by atoms with E-state index in [2.05, 4.69) is 0 Å². The molecule has 7 nitrogen and oxygen atoms in total. The Labute approximate surface area is 155 Å². The van der Waals surface area contributed by atoms with Gasteiger partial charge >= 0.3 is 12.2 Å². The molecule has 2 rings (SSSR count). The number of hydrogen-bond donors (Lipinski definition) is 1. The predicted octanol–water partition coefficient (Wildman–Crippen LogP) is 3.15. The van der Waals surface area contributed by atoms with Gasteiger partial charge in [0.25, 0.3) is 0 Å². The summed E-state index contributed by atoms with van der Waals surface area (Å²) in [6, 6.07) is 9.60. The number of amides is 2. The average molecular weight is 363 g/mol. The maximum absolute atomic E-state index is 12.2. The van der Waals surface area contributed by atoms with E-state index >= 15 is 0 Å². The van der Waals surface area contributed by atoms with Gasteiger partial charge < -0.3 is 14.4 Å². The van der Waals surface area contributed by atoms with Gasteiger partial charge in [0.15, 0.2) is 0 Å². The molecule has 1 heterocycles. The second kappa shape index (κ2) is 8.89. The van der Waals surface area contributed by atoms with Crippen LogP contribution in [0.15, 0.2) is 30.3 Å². The van der Waals surface area contributed by atoms with E-state index in [9.17, 15) is 9.59 Å². The van der Waals surface area contributed by atoms with Crippen molar-refractivity contribution in [1.82, 2.24) is 9.91 Å². The lowest BCUT2D eigenvalue weighted by Gasteiger charge is -2.33. The molecule has 1 fully saturated rings. The van der Waals surface area contributed by atoms with Crippen molar-refractivity contribution < 1.29 is 19.1 Å². The fraction of sp³-hybridized carbons (Fsp3) is 0.579. The van der Waals surface area contributed by atoms with Crippen molar-refractivity contribution in [2.75, 3.05) is 19.6 Å². The molecule has 1 aromatic carbocycles. The van der Waals surface area contributed by atoms with Crippen molar-refractivity contribution in [1.29, 1.82) is 0 Å². The molecule has 1 aromatic rings. The lowest BCUT2D eigenvalue weighted by Crippen LogP contribution is -2.47. The van der Waals surface area contributed by atoms with Gasteiger partial charge in [-0.15, -0.1) is 0 Å². The van der Waals surface area contributed by atoms with Crippen LogP contribution in [-0.4, -0.2) is 47.3 Å². The van der Waals surface area contributed by atoms with E-state index < -0.39 is 11.7 Å². The Balaban J connectivity index is 1.71. The van der Waals surface area contributed by atoms with Crippen LogP contribution in [0.1, 0.15) is 39.2 Å². The van der Waals surface area contributed by atoms with E-state index in [4.69, 9.17) is 15.3 Å². The van der Waals surface area contributed by atoms with Gasteiger partial charge in [-0.1, -0.05) is 30.3 Å². The van der Waals surface area contributed by atoms with E-state index in [-0.39, 0.29) is 18.6 Å². The third-order valence-corrected chi connectivity index (χ3v) is 4.16. The summed E-state index contributed by atoms with van der Waals surface area (Å²) in [5.74, 6) is 6.06. The number of nitrogens with zero attached hydrogens (tertiary/aromatic N) is 2. The van der Waals surface area contributed by atoms with Crippen molar-refractivity contribution in [3.8, 4) is 0 Å². The fourth-order valence-corrected chi connectivity index (χ4v) is 2.78. The quantitative estimate of drug-likeness (QED) is 0.505. The highest BCUT2D eigenvalue weighted by atomic mass is 16.6. The van der Waals surface area contributed by atoms with Gasteiger partial charge in [-0.2, -0.15) is 0 Å². The number of nitrogens with two attached hydrogens (primary N) is 1. The number of hydrazine groups is 1. The molecule has 2 N–H and O–H groups in total. The van der Waals surface area contributed by atoms with Crippen LogP contribution in [0.5, 0.6) is 0 Å². The molecular formula is C19H29N3O4. The molecule has 2 amide bonds. The SMILES string of the molecule is CC(C)(C)OC(=O)N(N)CC1CCN(C(=O)OCc2ccccc2)CC1. The average Bonchev–Trinajstić information content (AvgIpc) is 2.59. The topological polar surface area (TPSA) is 85.1 Å². The molecule has 144 valence electrons. The molecule has 1 aliphatic rings. The van der Waals surface area contributed by atoms with Crippen LogP contribution >= 0.6 is 0 Å². The monoisotopic (exact) mass is 363 g/mol. The molecule has 0 bridgehead atoms. The highest BCUT2D eigenvalue weighted by Crippen LogP contribution is 2.19. The summed E-state index contributed by atoms with van der Waals surface area (Å²) in [7, 11) is 0. The molecule has 0 spiro atoms. The standard InChI is InChI=1S/C19H29N3O4/c1-19(2,3)26-18(24)22(20)13-15-9-11-21(12-10-15)17(23)25-14-16-7-5-4-6-8-16/h4-8,15H,9-14,20H2,1-3H3. The number of hydrogen-bond acceptors (Lipinski definition) is 5. The zero-order valence-electron chi connectivity index (χ0n) is 15.8. The Bertz CT molecular complexity index is 593. The zero-order valence-corrected chi connectivity index (χ0v) is 15.8. The second-order valence-electron chi connectivity index (χ2n) is 7.60. The van der Waals surface area contributed by atoms with Crippen LogP contribution in [0.25, 0.3) is 0 Å². The number of piperidine rings is 1. The van der Waals surface area contributed by atoms with Gasteiger partial charge in [0, 0.05) is 19.6 Å². The highest BCUT2D eigenvalue weighted by molar-refractivity contribution is 5.68. The minimum Gasteiger partial charge on any atom is -0.445 e. The number of carbonyl (C=O) groups is 2. The van der Waals surface area contributed by atoms with E-state index in [1.807, 2.05) is 30.3 Å². The van der Waals surface area contributed by atoms with Crippen LogP contribution in [-0.2, 0) is 16.1 Å². The first-order valence-corrected chi connectivity index (χ1v) is 8.95. The third-order valence-electron chi connectivity index (χ3n) is 4.16. The van der Waals surface area contributed by atoms with Gasteiger partial charge in [0.05, 0.1) is 0 Å². The van der Waals surface area contributed by atoms with Crippen LogP contribution in [0.2, 0.25) is 0 Å². The summed E-state index contributed by atoms with van der Waals surface area (Å²) >= 11 is 0. The fourth-order valence-electron chi connectivity index (χ4n) is 2.78. The van der Waals surface area contributed by atoms with E-state index in [1.165, 1.54) is 0 Å². The zero-order chi connectivity index (χ0) is 19.2. The Morgan fingerprint density at radius 2 is 1.81 bits per heavy atom. The first-order valence-electron chi connectivity index (χ1n) is 8.95. The van der Waals surface area contributed by atoms with Crippen LogP contribution in [0, 0.1) is 5.92 Å². The van der Waals surface area contributed by atoms with Gasteiger partial charge in [-0.25, -0.2) is 20.4 Å². The van der Waals surface area contributed by atoms with Gasteiger partial charge in [-0.3, -0.25) is 0 Å². The molecule has 0 aromatic heterocycles. The lowest BCUT2D eigenvalue weighted by atomic mass is 9.97. The number of carbonyl (C=O) groups excluding carboxylic acids is 2. The number of rotatable bonds is 4. The van der Waals surface area contributed by atoms with Gasteiger partial charge in [0.1, 0.15) is 12.2 Å². The lowest BCUT2D eigenvalue weighted by molar-refractivity contribution is 0.0185. The van der Waals surface area contributed by atoms with E-state index in [1.54, 1.807) is 25.7 Å². The summed E-state index contributed by atoms with van der Waals surface area (Å²) < 4.78 is 10.6. The molecule has 1 saturated heterocycles. The summed E-state index contributed by atoms with van der Waals surface area (Å²) in [5, 5.41) is 1.12. The predicted molar refractivity (Wildman–Crippen MR) is 98.1 cm³/mol. The van der Waals surface area contributed by atoms with E-state index in [0.29, 0.717) is 19.6 Å². The van der Waals surface area contributed by atoms with Crippen molar-refractivity contribution in [3.63, 3.8) is 0 Å². The molecule has 26 heavy (non-hydrogen) atoms. The maximum atomic E-state index is 12.2. The summed E-state index contributed by atoms with van der Waals surface area (Å²) in [5.41, 5.74) is 0.396. The number of likely N-dealkylation sites (tertiary alicyclic amines) is 1. The molecule has 0 radical (unpaired) electrons. The van der Waals surface area contributed by atoms with Gasteiger partial charge in [0.2, 0.25) is 0 Å². The Kier molecular flexibility index (Phi) is 6.85. The first kappa shape index (κ1) is 20.0. The molecular weight excluding hydrogens is 334 g/mol. The van der Waals surface area contributed by atoms with Crippen LogP contribution in [0.3, 0.4) is 0 Å². The third kappa shape index (κ3) is 6.55.